The molecule has 170 valence electrons. The Balaban J connectivity index is 1.64. The van der Waals surface area contributed by atoms with Crippen molar-refractivity contribution < 1.29 is 9.53 Å². The first kappa shape index (κ1) is 21.5. The number of aliphatic imine (C=N–C) groups is 1. The second-order valence-electron chi connectivity index (χ2n) is 9.33. The lowest BCUT2D eigenvalue weighted by Crippen LogP contribution is -2.53. The zero-order valence-corrected chi connectivity index (χ0v) is 19.0. The number of rotatable bonds is 4. The van der Waals surface area contributed by atoms with Crippen LogP contribution in [0.25, 0.3) is 4.85 Å². The lowest BCUT2D eigenvalue weighted by molar-refractivity contribution is -0.140. The number of guanidine groups is 1. The molecule has 8 heteroatoms. The lowest BCUT2D eigenvalue weighted by atomic mass is 9.58. The predicted molar refractivity (Wildman–Crippen MR) is 123 cm³/mol. The highest BCUT2D eigenvalue weighted by atomic mass is 16.5. The molecule has 2 aliphatic carbocycles. The molecule has 4 atom stereocenters. The fourth-order valence-corrected chi connectivity index (χ4v) is 6.31. The van der Waals surface area contributed by atoms with Gasteiger partial charge in [-0.25, -0.2) is 19.8 Å². The van der Waals surface area contributed by atoms with E-state index >= 15 is 0 Å². The molecule has 1 amide bonds. The Morgan fingerprint density at radius 1 is 1.33 bits per heavy atom. The van der Waals surface area contributed by atoms with Crippen LogP contribution in [-0.4, -0.2) is 39.9 Å². The third kappa shape index (κ3) is 3.06. The Kier molecular flexibility index (Phi) is 5.17. The van der Waals surface area contributed by atoms with Crippen LogP contribution in [0.15, 0.2) is 41.7 Å². The Bertz CT molecular complexity index is 1160. The summed E-state index contributed by atoms with van der Waals surface area (Å²) in [5.74, 6) is 0.887. The molecule has 33 heavy (non-hydrogen) atoms. The van der Waals surface area contributed by atoms with E-state index in [0.29, 0.717) is 17.4 Å². The maximum atomic E-state index is 14.3. The first-order chi connectivity index (χ1) is 16.0. The number of hydrogen-bond donors (Lipinski definition) is 1. The van der Waals surface area contributed by atoms with Crippen molar-refractivity contribution in [1.29, 1.82) is 0 Å². The number of aromatic nitrogens is 2. The van der Waals surface area contributed by atoms with E-state index in [2.05, 4.69) is 21.7 Å². The van der Waals surface area contributed by atoms with Gasteiger partial charge in [-0.1, -0.05) is 31.5 Å². The number of amides is 1. The fourth-order valence-electron chi connectivity index (χ4n) is 6.31. The smallest absolute Gasteiger partial charge is 0.262 e. The molecule has 5 rings (SSSR count). The summed E-state index contributed by atoms with van der Waals surface area (Å²) in [4.78, 5) is 33.0. The summed E-state index contributed by atoms with van der Waals surface area (Å²) in [6.07, 6.45) is 7.68. The van der Waals surface area contributed by atoms with Crippen molar-refractivity contribution in [2.45, 2.75) is 57.2 Å². The van der Waals surface area contributed by atoms with Crippen molar-refractivity contribution in [3.05, 3.63) is 65.0 Å². The number of carbonyl (C=O) groups excluding carboxylic acids is 1. The molecule has 0 radical (unpaired) electrons. The van der Waals surface area contributed by atoms with Crippen LogP contribution in [0.3, 0.4) is 0 Å². The lowest BCUT2D eigenvalue weighted by Gasteiger charge is -2.48. The number of carbonyl (C=O) groups is 1. The second kappa shape index (κ2) is 7.92. The molecule has 2 aromatic rings. The van der Waals surface area contributed by atoms with Gasteiger partial charge in [0.15, 0.2) is 17.2 Å². The van der Waals surface area contributed by atoms with Gasteiger partial charge in [0.05, 0.1) is 19.2 Å². The van der Waals surface area contributed by atoms with E-state index < -0.39 is 11.0 Å². The van der Waals surface area contributed by atoms with E-state index in [1.54, 1.807) is 25.6 Å². The maximum absolute atomic E-state index is 14.3. The molecule has 2 spiro atoms. The average Bonchev–Trinajstić information content (AvgIpc) is 3.25. The normalized spacial score (nSPS) is 30.5. The van der Waals surface area contributed by atoms with E-state index in [0.717, 1.165) is 43.2 Å². The Labute approximate surface area is 193 Å². The molecule has 1 saturated carbocycles. The highest BCUT2D eigenvalue weighted by Gasteiger charge is 2.67. The summed E-state index contributed by atoms with van der Waals surface area (Å²) in [7, 11) is 1.77. The number of nitrogens with zero attached hydrogens (tertiary/aromatic N) is 5. The minimum absolute atomic E-state index is 0.140. The molecule has 0 saturated heterocycles. The number of ether oxygens (including phenoxy) is 1. The van der Waals surface area contributed by atoms with Crippen molar-refractivity contribution in [1.82, 2.24) is 14.9 Å². The SMILES string of the molecule is [C-]#[N+]c1ccc2c(c1)[C@]1(N=C(N)N(Cc3ncccn3)C1=O)[C@@]1(CC[C@@H](OC)[C@H](CC)C1)C2. The molecule has 2 N–H and O–H groups in total. The summed E-state index contributed by atoms with van der Waals surface area (Å²) < 4.78 is 5.80. The second-order valence-corrected chi connectivity index (χ2v) is 9.33. The van der Waals surface area contributed by atoms with Crippen LogP contribution in [-0.2, 0) is 28.0 Å². The molecule has 1 aromatic carbocycles. The number of hydrogen-bond acceptors (Lipinski definition) is 6. The van der Waals surface area contributed by atoms with Crippen LogP contribution >= 0.6 is 0 Å². The van der Waals surface area contributed by atoms with Crippen LogP contribution in [0.2, 0.25) is 0 Å². The average molecular weight is 445 g/mol. The van der Waals surface area contributed by atoms with Crippen molar-refractivity contribution in [2.75, 3.05) is 7.11 Å². The highest BCUT2D eigenvalue weighted by Crippen LogP contribution is 2.63. The van der Waals surface area contributed by atoms with Crippen molar-refractivity contribution >= 4 is 17.6 Å². The van der Waals surface area contributed by atoms with Gasteiger partial charge in [0.1, 0.15) is 5.82 Å². The van der Waals surface area contributed by atoms with E-state index in [4.69, 9.17) is 22.0 Å². The van der Waals surface area contributed by atoms with Gasteiger partial charge in [-0.05, 0) is 48.8 Å². The minimum atomic E-state index is -1.13. The monoisotopic (exact) mass is 444 g/mol. The number of methoxy groups -OCH3 is 1. The van der Waals surface area contributed by atoms with E-state index in [9.17, 15) is 4.79 Å². The van der Waals surface area contributed by atoms with Crippen LogP contribution in [0.1, 0.15) is 49.6 Å². The summed E-state index contributed by atoms with van der Waals surface area (Å²) in [5, 5.41) is 0. The van der Waals surface area contributed by atoms with Crippen LogP contribution in [0.4, 0.5) is 5.69 Å². The topological polar surface area (TPSA) is 98.1 Å². The van der Waals surface area contributed by atoms with Gasteiger partial charge in [0, 0.05) is 24.9 Å². The largest absolute Gasteiger partial charge is 0.381 e. The minimum Gasteiger partial charge on any atom is -0.381 e. The molecule has 2 heterocycles. The molecular weight excluding hydrogens is 416 g/mol. The molecule has 1 aromatic heterocycles. The standard InChI is InChI=1S/C25H28N6O2/c1-4-16-13-24(9-8-20(16)33-3)14-17-6-7-18(27-2)12-19(17)25(24)22(32)31(23(26)30-25)15-21-28-10-5-11-29-21/h5-7,10-12,16,20H,4,8-9,13-15H2,1,3H3,(H2,26,30)/t16-,20-,24-,25-/m1/s1. The van der Waals surface area contributed by atoms with Crippen molar-refractivity contribution in [3.63, 3.8) is 0 Å². The van der Waals surface area contributed by atoms with E-state index in [1.807, 2.05) is 18.2 Å². The van der Waals surface area contributed by atoms with E-state index in [1.165, 1.54) is 4.90 Å². The summed E-state index contributed by atoms with van der Waals surface area (Å²) in [6, 6.07) is 7.41. The zero-order chi connectivity index (χ0) is 23.2. The van der Waals surface area contributed by atoms with Crippen LogP contribution < -0.4 is 5.73 Å². The summed E-state index contributed by atoms with van der Waals surface area (Å²) >= 11 is 0. The van der Waals surface area contributed by atoms with Gasteiger partial charge in [0.2, 0.25) is 0 Å². The van der Waals surface area contributed by atoms with Gasteiger partial charge >= 0.3 is 0 Å². The molecule has 8 nitrogen and oxygen atoms in total. The molecule has 0 bridgehead atoms. The third-order valence-electron chi connectivity index (χ3n) is 7.85. The Morgan fingerprint density at radius 3 is 2.82 bits per heavy atom. The number of nitrogens with two attached hydrogens (primary N) is 1. The maximum Gasteiger partial charge on any atom is 0.262 e. The number of fused-ring (bicyclic) bond motifs is 3. The highest BCUT2D eigenvalue weighted by molar-refractivity contribution is 6.08. The summed E-state index contributed by atoms with van der Waals surface area (Å²) in [5.41, 5.74) is 7.30. The first-order valence-electron chi connectivity index (χ1n) is 11.4. The van der Waals surface area contributed by atoms with Gasteiger partial charge in [-0.15, -0.1) is 0 Å². The van der Waals surface area contributed by atoms with Gasteiger partial charge in [0.25, 0.3) is 5.91 Å². The van der Waals surface area contributed by atoms with Gasteiger partial charge < -0.3 is 10.5 Å². The third-order valence-corrected chi connectivity index (χ3v) is 7.85. The molecular formula is C25H28N6O2. The van der Waals surface area contributed by atoms with Crippen molar-refractivity contribution in [3.8, 4) is 0 Å². The quantitative estimate of drug-likeness (QED) is 0.730. The molecule has 0 unspecified atom stereocenters. The van der Waals surface area contributed by atoms with Gasteiger partial charge in [-0.3, -0.25) is 9.69 Å². The Hall–Kier alpha value is -3.31. The predicted octanol–water partition coefficient (Wildman–Crippen LogP) is 3.35. The van der Waals surface area contributed by atoms with Gasteiger partial charge in [-0.2, -0.15) is 0 Å². The number of benzene rings is 1. The first-order valence-corrected chi connectivity index (χ1v) is 11.4. The fraction of sp³-hybridized carbons (Fsp3) is 0.480. The van der Waals surface area contributed by atoms with Crippen LogP contribution in [0.5, 0.6) is 0 Å². The summed E-state index contributed by atoms with van der Waals surface area (Å²) in [6.45, 7) is 9.87. The van der Waals surface area contributed by atoms with Crippen LogP contribution in [0, 0.1) is 17.9 Å². The molecule has 1 aliphatic heterocycles. The molecule has 1 fully saturated rings. The zero-order valence-electron chi connectivity index (χ0n) is 19.0. The Morgan fingerprint density at radius 2 is 2.12 bits per heavy atom. The van der Waals surface area contributed by atoms with Crippen molar-refractivity contribution in [2.24, 2.45) is 22.1 Å². The van der Waals surface area contributed by atoms with E-state index in [-0.39, 0.29) is 24.5 Å². The molecule has 3 aliphatic rings.